The molecule has 4 aromatic rings. The van der Waals surface area contributed by atoms with Gasteiger partial charge in [-0.15, -0.1) is 0 Å². The Morgan fingerprint density at radius 3 is 1.37 bits per heavy atom. The molecule has 0 fully saturated rings. The Morgan fingerprint density at radius 1 is 0.533 bits per heavy atom. The summed E-state index contributed by atoms with van der Waals surface area (Å²) in [5, 5.41) is 0. The fourth-order valence-electron chi connectivity index (χ4n) is 4.77. The van der Waals surface area contributed by atoms with E-state index in [-0.39, 0.29) is 0 Å². The minimum atomic E-state index is 0.421. The Bertz CT molecular complexity index is 1080. The summed E-state index contributed by atoms with van der Waals surface area (Å²) in [7, 11) is 0. The summed E-state index contributed by atoms with van der Waals surface area (Å²) in [5.41, 5.74) is 13.3. The van der Waals surface area contributed by atoms with E-state index in [0.717, 1.165) is 0 Å². The van der Waals surface area contributed by atoms with Crippen LogP contribution in [-0.4, -0.2) is 0 Å². The highest BCUT2D eigenvalue weighted by atomic mass is 14.2. The molecule has 0 unspecified atom stereocenters. The van der Waals surface area contributed by atoms with Crippen LogP contribution in [0, 0.1) is 20.8 Å². The second-order valence-corrected chi connectivity index (χ2v) is 8.65. The third-order valence-electron chi connectivity index (χ3n) is 5.89. The van der Waals surface area contributed by atoms with Crippen molar-refractivity contribution in [3.63, 3.8) is 0 Å². The van der Waals surface area contributed by atoms with Crippen molar-refractivity contribution in [2.24, 2.45) is 0 Å². The van der Waals surface area contributed by atoms with Gasteiger partial charge in [0.25, 0.3) is 0 Å². The second kappa shape index (κ2) is 8.32. The van der Waals surface area contributed by atoms with Crippen LogP contribution < -0.4 is 0 Å². The van der Waals surface area contributed by atoms with E-state index in [4.69, 9.17) is 0 Å². The van der Waals surface area contributed by atoms with Crippen LogP contribution in [0.4, 0.5) is 0 Å². The van der Waals surface area contributed by atoms with Crippen molar-refractivity contribution < 1.29 is 0 Å². The lowest BCUT2D eigenvalue weighted by Gasteiger charge is -2.22. The zero-order valence-corrected chi connectivity index (χ0v) is 18.7. The van der Waals surface area contributed by atoms with Gasteiger partial charge in [0.05, 0.1) is 0 Å². The van der Waals surface area contributed by atoms with Crippen LogP contribution in [0.5, 0.6) is 0 Å². The Hall–Kier alpha value is -3.12. The van der Waals surface area contributed by atoms with Gasteiger partial charge in [-0.3, -0.25) is 0 Å². The summed E-state index contributed by atoms with van der Waals surface area (Å²) in [4.78, 5) is 0. The third kappa shape index (κ3) is 3.83. The molecule has 4 aromatic carbocycles. The normalized spacial score (nSPS) is 11.1. The van der Waals surface area contributed by atoms with Gasteiger partial charge in [0.2, 0.25) is 0 Å². The van der Waals surface area contributed by atoms with E-state index in [9.17, 15) is 0 Å². The van der Waals surface area contributed by atoms with Crippen LogP contribution >= 0.6 is 0 Å². The number of aryl methyl sites for hydroxylation is 3. The fourth-order valence-corrected chi connectivity index (χ4v) is 4.77. The highest BCUT2D eigenvalue weighted by Gasteiger charge is 2.18. The first-order chi connectivity index (χ1) is 14.5. The van der Waals surface area contributed by atoms with Crippen molar-refractivity contribution in [1.29, 1.82) is 0 Å². The molecule has 0 saturated carbocycles. The van der Waals surface area contributed by atoms with Crippen molar-refractivity contribution in [3.05, 3.63) is 107 Å². The van der Waals surface area contributed by atoms with Crippen molar-refractivity contribution in [2.75, 3.05) is 0 Å². The predicted molar refractivity (Wildman–Crippen MR) is 131 cm³/mol. The standard InChI is InChI=1S/C30H30/c1-20(2)29-27(24-12-8-6-9-13-24)18-26(19-28(29)25-14-10-7-11-15-25)30-22(4)16-21(3)17-23(30)5/h6-20H,1-5H3. The van der Waals surface area contributed by atoms with Gasteiger partial charge in [0.1, 0.15) is 0 Å². The molecular formula is C30H30. The summed E-state index contributed by atoms with van der Waals surface area (Å²) >= 11 is 0. The van der Waals surface area contributed by atoms with Gasteiger partial charge in [0, 0.05) is 0 Å². The minimum Gasteiger partial charge on any atom is -0.0622 e. The third-order valence-corrected chi connectivity index (χ3v) is 5.89. The first-order valence-electron chi connectivity index (χ1n) is 10.8. The van der Waals surface area contributed by atoms with Crippen LogP contribution in [0.15, 0.2) is 84.9 Å². The van der Waals surface area contributed by atoms with Gasteiger partial charge >= 0.3 is 0 Å². The van der Waals surface area contributed by atoms with E-state index in [1.807, 2.05) is 0 Å². The Kier molecular flexibility index (Phi) is 5.59. The zero-order chi connectivity index (χ0) is 21.3. The van der Waals surface area contributed by atoms with Crippen LogP contribution in [-0.2, 0) is 0 Å². The van der Waals surface area contributed by atoms with Gasteiger partial charge in [-0.05, 0) is 88.9 Å². The first-order valence-corrected chi connectivity index (χ1v) is 10.8. The topological polar surface area (TPSA) is 0 Å². The van der Waals surface area contributed by atoms with Crippen molar-refractivity contribution in [3.8, 4) is 33.4 Å². The number of hydrogen-bond donors (Lipinski definition) is 0. The summed E-state index contributed by atoms with van der Waals surface area (Å²) in [5.74, 6) is 0.421. The molecule has 0 bridgehead atoms. The molecule has 0 aliphatic carbocycles. The number of rotatable bonds is 4. The van der Waals surface area contributed by atoms with Gasteiger partial charge in [0.15, 0.2) is 0 Å². The smallest absolute Gasteiger partial charge is 0.0125 e. The maximum atomic E-state index is 2.40. The highest BCUT2D eigenvalue weighted by molar-refractivity contribution is 5.87. The lowest BCUT2D eigenvalue weighted by Crippen LogP contribution is -2.00. The average Bonchev–Trinajstić information content (AvgIpc) is 2.73. The van der Waals surface area contributed by atoms with E-state index in [2.05, 4.69) is 120 Å². The Balaban J connectivity index is 2.09. The van der Waals surface area contributed by atoms with Gasteiger partial charge in [-0.25, -0.2) is 0 Å². The number of hydrogen-bond acceptors (Lipinski definition) is 0. The SMILES string of the molecule is Cc1cc(C)c(-c2cc(-c3ccccc3)c(C(C)C)c(-c3ccccc3)c2)c(C)c1. The second-order valence-electron chi connectivity index (χ2n) is 8.65. The fraction of sp³-hybridized carbons (Fsp3) is 0.200. The van der Waals surface area contributed by atoms with Crippen LogP contribution in [0.1, 0.15) is 42.0 Å². The Labute approximate surface area is 181 Å². The average molecular weight is 391 g/mol. The summed E-state index contributed by atoms with van der Waals surface area (Å²) in [6, 6.07) is 31.0. The molecule has 0 spiro atoms. The molecule has 0 amide bonds. The molecular weight excluding hydrogens is 360 g/mol. The first kappa shape index (κ1) is 20.2. The lowest BCUT2D eigenvalue weighted by atomic mass is 9.82. The maximum Gasteiger partial charge on any atom is -0.0125 e. The maximum absolute atomic E-state index is 2.40. The largest absolute Gasteiger partial charge is 0.0622 e. The molecule has 0 N–H and O–H groups in total. The van der Waals surface area contributed by atoms with Crippen molar-refractivity contribution >= 4 is 0 Å². The Morgan fingerprint density at radius 2 is 0.967 bits per heavy atom. The van der Waals surface area contributed by atoms with Crippen molar-refractivity contribution in [1.82, 2.24) is 0 Å². The van der Waals surface area contributed by atoms with Crippen LogP contribution in [0.25, 0.3) is 33.4 Å². The predicted octanol–water partition coefficient (Wildman–Crippen LogP) is 8.74. The minimum absolute atomic E-state index is 0.421. The van der Waals surface area contributed by atoms with E-state index in [1.165, 1.54) is 55.6 Å². The molecule has 0 saturated heterocycles. The molecule has 30 heavy (non-hydrogen) atoms. The van der Waals surface area contributed by atoms with Crippen LogP contribution in [0.3, 0.4) is 0 Å². The summed E-state index contributed by atoms with van der Waals surface area (Å²) in [6.07, 6.45) is 0. The monoisotopic (exact) mass is 390 g/mol. The van der Waals surface area contributed by atoms with E-state index < -0.39 is 0 Å². The van der Waals surface area contributed by atoms with Gasteiger partial charge in [-0.2, -0.15) is 0 Å². The molecule has 0 heteroatoms. The summed E-state index contributed by atoms with van der Waals surface area (Å²) in [6.45, 7) is 11.2. The number of benzene rings is 4. The van der Waals surface area contributed by atoms with E-state index >= 15 is 0 Å². The molecule has 0 nitrogen and oxygen atoms in total. The molecule has 0 aliphatic rings. The lowest BCUT2D eigenvalue weighted by molar-refractivity contribution is 0.871. The van der Waals surface area contributed by atoms with Gasteiger partial charge < -0.3 is 0 Å². The molecule has 4 rings (SSSR count). The quantitative estimate of drug-likeness (QED) is 0.327. The molecule has 0 heterocycles. The molecule has 0 aliphatic heterocycles. The summed E-state index contributed by atoms with van der Waals surface area (Å²) < 4.78 is 0. The van der Waals surface area contributed by atoms with Crippen LogP contribution in [0.2, 0.25) is 0 Å². The van der Waals surface area contributed by atoms with Crippen molar-refractivity contribution in [2.45, 2.75) is 40.5 Å². The van der Waals surface area contributed by atoms with E-state index in [0.29, 0.717) is 5.92 Å². The molecule has 0 radical (unpaired) electrons. The molecule has 0 aromatic heterocycles. The molecule has 0 atom stereocenters. The highest BCUT2D eigenvalue weighted by Crippen LogP contribution is 2.42. The molecule has 150 valence electrons. The van der Waals surface area contributed by atoms with Gasteiger partial charge in [-0.1, -0.05) is 92.2 Å². The zero-order valence-electron chi connectivity index (χ0n) is 18.7. The van der Waals surface area contributed by atoms with E-state index in [1.54, 1.807) is 0 Å².